The van der Waals surface area contributed by atoms with Crippen molar-refractivity contribution in [3.05, 3.63) is 35.9 Å². The van der Waals surface area contributed by atoms with Gasteiger partial charge >= 0.3 is 5.97 Å². The van der Waals surface area contributed by atoms with E-state index in [1.54, 1.807) is 0 Å². The van der Waals surface area contributed by atoms with E-state index in [0.29, 0.717) is 12.3 Å². The minimum absolute atomic E-state index is 0.0777. The zero-order valence-corrected chi connectivity index (χ0v) is 17.9. The molecule has 0 radical (unpaired) electrons. The normalized spacial score (nSPS) is 21.7. The first-order chi connectivity index (χ1) is 12.0. The number of aliphatic imine (C=N–C) groups is 1. The highest BCUT2D eigenvalue weighted by Gasteiger charge is 2.45. The topological polar surface area (TPSA) is 57.1 Å². The van der Waals surface area contributed by atoms with E-state index in [2.05, 4.69) is 38.9 Å². The number of ether oxygens (including phenoxy) is 2. The Morgan fingerprint density at radius 3 is 2.42 bits per heavy atom. The number of esters is 1. The fourth-order valence-electron chi connectivity index (χ4n) is 2.71. The van der Waals surface area contributed by atoms with Crippen molar-refractivity contribution < 1.29 is 18.7 Å². The third kappa shape index (κ3) is 4.74. The minimum Gasteiger partial charge on any atom is -0.472 e. The van der Waals surface area contributed by atoms with E-state index in [1.165, 1.54) is 7.11 Å². The number of hydrogen-bond donors (Lipinski definition) is 0. The third-order valence-electron chi connectivity index (χ3n) is 5.26. The van der Waals surface area contributed by atoms with E-state index in [0.717, 1.165) is 5.56 Å². The van der Waals surface area contributed by atoms with Gasteiger partial charge < -0.3 is 13.9 Å². The third-order valence-corrected chi connectivity index (χ3v) is 9.83. The van der Waals surface area contributed by atoms with Gasteiger partial charge in [0.05, 0.1) is 13.2 Å². The molecule has 0 fully saturated rings. The Kier molecular flexibility index (Phi) is 6.29. The Morgan fingerprint density at radius 1 is 1.27 bits per heavy atom. The van der Waals surface area contributed by atoms with Crippen molar-refractivity contribution in [1.82, 2.24) is 0 Å². The van der Waals surface area contributed by atoms with Crippen LogP contribution < -0.4 is 0 Å². The molecule has 0 unspecified atom stereocenters. The molecule has 0 saturated carbocycles. The lowest BCUT2D eigenvalue weighted by molar-refractivity contribution is -0.145. The van der Waals surface area contributed by atoms with Crippen molar-refractivity contribution in [1.29, 1.82) is 0 Å². The molecule has 0 spiro atoms. The van der Waals surface area contributed by atoms with Gasteiger partial charge in [-0.15, -0.1) is 0 Å². The van der Waals surface area contributed by atoms with Crippen molar-refractivity contribution in [3.63, 3.8) is 0 Å². The van der Waals surface area contributed by atoms with E-state index < -0.39 is 20.5 Å². The molecule has 144 valence electrons. The molecule has 5 nitrogen and oxygen atoms in total. The largest absolute Gasteiger partial charge is 0.472 e. The van der Waals surface area contributed by atoms with Gasteiger partial charge in [0.2, 0.25) is 0 Å². The fraction of sp³-hybridized carbons (Fsp3) is 0.600. The summed E-state index contributed by atoms with van der Waals surface area (Å²) in [6, 6.07) is 9.27. The number of nitrogens with zero attached hydrogens (tertiary/aromatic N) is 1. The summed E-state index contributed by atoms with van der Waals surface area (Å²) in [5.41, 5.74) is 1.09. The van der Waals surface area contributed by atoms with Crippen LogP contribution in [0.4, 0.5) is 0 Å². The lowest BCUT2D eigenvalue weighted by Gasteiger charge is -2.39. The summed E-state index contributed by atoms with van der Waals surface area (Å²) < 4.78 is 17.5. The first kappa shape index (κ1) is 20.6. The van der Waals surface area contributed by atoms with Crippen molar-refractivity contribution in [2.45, 2.75) is 70.5 Å². The number of benzene rings is 1. The highest BCUT2D eigenvalue weighted by molar-refractivity contribution is 6.74. The molecule has 3 atom stereocenters. The molecule has 0 N–H and O–H groups in total. The van der Waals surface area contributed by atoms with Gasteiger partial charge in [-0.1, -0.05) is 51.1 Å². The highest BCUT2D eigenvalue weighted by atomic mass is 28.4. The van der Waals surface area contributed by atoms with Gasteiger partial charge in [-0.3, -0.25) is 0 Å². The summed E-state index contributed by atoms with van der Waals surface area (Å²) in [6.45, 7) is 12.9. The maximum Gasteiger partial charge on any atom is 0.334 e. The van der Waals surface area contributed by atoms with Crippen molar-refractivity contribution >= 4 is 20.2 Å². The summed E-state index contributed by atoms with van der Waals surface area (Å²) in [5, 5.41) is 0.0777. The molecule has 0 bridgehead atoms. The molecule has 1 heterocycles. The lowest BCUT2D eigenvalue weighted by atomic mass is 10.1. The minimum atomic E-state index is -1.99. The van der Waals surface area contributed by atoms with Crippen LogP contribution in [0.1, 0.15) is 33.3 Å². The molecular formula is C20H31NO4Si. The van der Waals surface area contributed by atoms with E-state index in [4.69, 9.17) is 13.9 Å². The first-order valence-electron chi connectivity index (χ1n) is 9.08. The average Bonchev–Trinajstić information content (AvgIpc) is 2.97. The predicted molar refractivity (Wildman–Crippen MR) is 106 cm³/mol. The number of carbonyl (C=O) groups excluding carboxylic acids is 1. The van der Waals surface area contributed by atoms with E-state index in [9.17, 15) is 4.79 Å². The predicted octanol–water partition coefficient (Wildman–Crippen LogP) is 3.98. The maximum atomic E-state index is 12.2. The number of methoxy groups -OCH3 is 1. The van der Waals surface area contributed by atoms with Crippen LogP contribution in [-0.4, -0.2) is 45.5 Å². The quantitative estimate of drug-likeness (QED) is 0.556. The summed E-state index contributed by atoms with van der Waals surface area (Å²) in [4.78, 5) is 16.7. The van der Waals surface area contributed by atoms with Gasteiger partial charge in [-0.05, 0) is 30.6 Å². The summed E-state index contributed by atoms with van der Waals surface area (Å²) >= 11 is 0. The highest BCUT2D eigenvalue weighted by Crippen LogP contribution is 2.38. The second kappa shape index (κ2) is 7.92. The maximum absolute atomic E-state index is 12.2. The van der Waals surface area contributed by atoms with Crippen LogP contribution in [0.5, 0.6) is 0 Å². The smallest absolute Gasteiger partial charge is 0.334 e. The van der Waals surface area contributed by atoms with Crippen LogP contribution in [0.15, 0.2) is 35.3 Å². The molecule has 26 heavy (non-hydrogen) atoms. The van der Waals surface area contributed by atoms with Crippen LogP contribution in [-0.2, 0) is 25.1 Å². The zero-order chi connectivity index (χ0) is 19.5. The monoisotopic (exact) mass is 377 g/mol. The standard InChI is InChI=1S/C20H31NO4Si/c1-14(25-26(6,7)20(2,3)4)18-17(19(22)23-5)21-16(24-18)13-15-11-9-8-10-12-15/h8-12,14,17-18H,13H2,1-7H3/t14-,17-,18+/m0/s1. The van der Waals surface area contributed by atoms with Crippen LogP contribution in [0, 0.1) is 0 Å². The summed E-state index contributed by atoms with van der Waals surface area (Å²) in [5.74, 6) is 0.172. The molecule has 1 aliphatic heterocycles. The molecule has 0 amide bonds. The molecule has 0 saturated heterocycles. The van der Waals surface area contributed by atoms with Gasteiger partial charge in [0.1, 0.15) is 0 Å². The Bertz CT molecular complexity index is 652. The van der Waals surface area contributed by atoms with Gasteiger partial charge in [-0.2, -0.15) is 0 Å². The van der Waals surface area contributed by atoms with Crippen molar-refractivity contribution in [2.75, 3.05) is 7.11 Å². The molecule has 2 rings (SSSR count). The summed E-state index contributed by atoms with van der Waals surface area (Å²) in [6.07, 6.45) is -0.162. The fourth-order valence-corrected chi connectivity index (χ4v) is 4.12. The number of rotatable bonds is 6. The SMILES string of the molecule is COC(=O)[C@H]1N=C(Cc2ccccc2)O[C@@H]1[C@H](C)O[Si](C)(C)C(C)(C)C. The number of hydrogen-bond acceptors (Lipinski definition) is 5. The Morgan fingerprint density at radius 2 is 1.88 bits per heavy atom. The zero-order valence-electron chi connectivity index (χ0n) is 16.9. The van der Waals surface area contributed by atoms with Gasteiger partial charge in [0.25, 0.3) is 0 Å². The first-order valence-corrected chi connectivity index (χ1v) is 12.0. The van der Waals surface area contributed by atoms with Gasteiger partial charge in [0.15, 0.2) is 26.4 Å². The summed E-state index contributed by atoms with van der Waals surface area (Å²) in [7, 11) is -0.611. The Labute approximate surface area is 157 Å². The molecule has 1 aromatic carbocycles. The second-order valence-electron chi connectivity index (χ2n) is 8.32. The molecular weight excluding hydrogens is 346 g/mol. The van der Waals surface area contributed by atoms with E-state index in [1.807, 2.05) is 37.3 Å². The lowest BCUT2D eigenvalue weighted by Crippen LogP contribution is -2.49. The van der Waals surface area contributed by atoms with Crippen LogP contribution in [0.3, 0.4) is 0 Å². The van der Waals surface area contributed by atoms with Gasteiger partial charge in [-0.25, -0.2) is 9.79 Å². The van der Waals surface area contributed by atoms with Crippen molar-refractivity contribution in [2.24, 2.45) is 4.99 Å². The Hall–Kier alpha value is -1.66. The molecule has 1 aromatic rings. The van der Waals surface area contributed by atoms with Gasteiger partial charge in [0, 0.05) is 6.42 Å². The number of carbonyl (C=O) groups is 1. The molecule has 0 aliphatic carbocycles. The van der Waals surface area contributed by atoms with Crippen LogP contribution in [0.25, 0.3) is 0 Å². The van der Waals surface area contributed by atoms with Crippen LogP contribution >= 0.6 is 0 Å². The molecule has 0 aromatic heterocycles. The van der Waals surface area contributed by atoms with E-state index in [-0.39, 0.29) is 17.1 Å². The average molecular weight is 378 g/mol. The molecule has 1 aliphatic rings. The molecule has 6 heteroatoms. The second-order valence-corrected chi connectivity index (χ2v) is 13.1. The Balaban J connectivity index is 2.15. The van der Waals surface area contributed by atoms with E-state index >= 15 is 0 Å². The van der Waals surface area contributed by atoms with Crippen molar-refractivity contribution in [3.8, 4) is 0 Å². The van der Waals surface area contributed by atoms with Crippen LogP contribution in [0.2, 0.25) is 18.1 Å².